The number of ether oxygens (including phenoxy) is 1. The number of hydrogen-bond acceptors (Lipinski definition) is 3. The second-order valence-corrected chi connectivity index (χ2v) is 7.69. The Morgan fingerprint density at radius 2 is 1.65 bits per heavy atom. The first-order valence-corrected chi connectivity index (χ1v) is 10.5. The summed E-state index contributed by atoms with van der Waals surface area (Å²) in [7, 11) is 0. The van der Waals surface area contributed by atoms with Gasteiger partial charge in [0.1, 0.15) is 12.4 Å². The van der Waals surface area contributed by atoms with Crippen LogP contribution in [0.5, 0.6) is 5.75 Å². The summed E-state index contributed by atoms with van der Waals surface area (Å²) in [5.74, 6) is -0.496. The van der Waals surface area contributed by atoms with Crippen molar-refractivity contribution in [1.29, 1.82) is 0 Å². The Morgan fingerprint density at radius 3 is 2.45 bits per heavy atom. The molecule has 4 aromatic rings. The van der Waals surface area contributed by atoms with Gasteiger partial charge in [-0.1, -0.05) is 60.7 Å². The lowest BCUT2D eigenvalue weighted by molar-refractivity contribution is -0.138. The van der Waals surface area contributed by atoms with Crippen LogP contribution in [-0.4, -0.2) is 16.1 Å². The molecule has 1 atom stereocenters. The number of fused-ring (bicyclic) bond motifs is 1. The average Bonchev–Trinajstić information content (AvgIpc) is 2.81. The van der Waals surface area contributed by atoms with Crippen LogP contribution < -0.4 is 4.74 Å². The fourth-order valence-electron chi connectivity index (χ4n) is 3.69. The number of carboxylic acids is 1. The number of para-hydroxylation sites is 1. The van der Waals surface area contributed by atoms with Gasteiger partial charge in [-0.15, -0.1) is 0 Å². The van der Waals surface area contributed by atoms with Gasteiger partial charge in [0.05, 0.1) is 17.1 Å². The molecule has 4 heteroatoms. The largest absolute Gasteiger partial charge is 0.487 e. The first-order valence-electron chi connectivity index (χ1n) is 10.5. The zero-order valence-electron chi connectivity index (χ0n) is 17.5. The lowest BCUT2D eigenvalue weighted by atomic mass is 9.92. The van der Waals surface area contributed by atoms with Crippen molar-refractivity contribution in [3.05, 3.63) is 107 Å². The maximum absolute atomic E-state index is 11.4. The van der Waals surface area contributed by atoms with Crippen LogP contribution in [0.3, 0.4) is 0 Å². The fourth-order valence-corrected chi connectivity index (χ4v) is 3.69. The minimum absolute atomic E-state index is 0.421. The molecule has 1 aromatic heterocycles. The number of rotatable bonds is 8. The van der Waals surface area contributed by atoms with Gasteiger partial charge in [0.15, 0.2) is 0 Å². The molecule has 0 aliphatic rings. The quantitative estimate of drug-likeness (QED) is 0.399. The first kappa shape index (κ1) is 20.6. The van der Waals surface area contributed by atoms with E-state index in [4.69, 9.17) is 4.74 Å². The summed E-state index contributed by atoms with van der Waals surface area (Å²) in [6.45, 7) is 2.16. The average molecular weight is 412 g/mol. The standard InChI is InChI=1S/C27H25NO3/c1-19(27(29)30)25-8-4-2-6-21(25)13-10-20-11-16-24(17-12-20)31-18-23-15-14-22-7-3-5-9-26(22)28-23/h2-9,11-12,14-17,19H,10,13,18H2,1H3,(H,29,30). The second kappa shape index (κ2) is 9.43. The summed E-state index contributed by atoms with van der Waals surface area (Å²) in [6, 6.07) is 28.0. The van der Waals surface area contributed by atoms with Gasteiger partial charge >= 0.3 is 5.97 Å². The molecule has 1 heterocycles. The van der Waals surface area contributed by atoms with E-state index in [1.807, 2.05) is 66.7 Å². The summed E-state index contributed by atoms with van der Waals surface area (Å²) in [5.41, 5.74) is 5.02. The van der Waals surface area contributed by atoms with Crippen LogP contribution in [0.15, 0.2) is 84.9 Å². The van der Waals surface area contributed by atoms with Crippen molar-refractivity contribution in [2.24, 2.45) is 0 Å². The minimum Gasteiger partial charge on any atom is -0.487 e. The predicted octanol–water partition coefficient (Wildman–Crippen LogP) is 5.79. The normalized spacial score (nSPS) is 11.9. The summed E-state index contributed by atoms with van der Waals surface area (Å²) in [6.07, 6.45) is 1.64. The van der Waals surface area contributed by atoms with Gasteiger partial charge in [-0.2, -0.15) is 0 Å². The van der Waals surface area contributed by atoms with Crippen molar-refractivity contribution in [3.63, 3.8) is 0 Å². The molecule has 0 amide bonds. The summed E-state index contributed by atoms with van der Waals surface area (Å²) < 4.78 is 5.91. The summed E-state index contributed by atoms with van der Waals surface area (Å²) in [4.78, 5) is 16.0. The van der Waals surface area contributed by atoms with Crippen molar-refractivity contribution in [2.75, 3.05) is 0 Å². The molecule has 0 spiro atoms. The number of aromatic nitrogens is 1. The zero-order chi connectivity index (χ0) is 21.6. The molecule has 0 aliphatic carbocycles. The van der Waals surface area contributed by atoms with Crippen LogP contribution in [0.2, 0.25) is 0 Å². The molecular formula is C27H25NO3. The lowest BCUT2D eigenvalue weighted by Gasteiger charge is -2.13. The molecule has 31 heavy (non-hydrogen) atoms. The Hall–Kier alpha value is -3.66. The number of benzene rings is 3. The van der Waals surface area contributed by atoms with E-state index in [1.165, 1.54) is 5.56 Å². The van der Waals surface area contributed by atoms with E-state index in [0.29, 0.717) is 6.61 Å². The molecule has 3 aromatic carbocycles. The van der Waals surface area contributed by atoms with Crippen LogP contribution in [0, 0.1) is 0 Å². The highest BCUT2D eigenvalue weighted by Crippen LogP contribution is 2.22. The lowest BCUT2D eigenvalue weighted by Crippen LogP contribution is -2.10. The Labute approximate surface area is 182 Å². The number of nitrogens with zero attached hydrogens (tertiary/aromatic N) is 1. The molecule has 156 valence electrons. The predicted molar refractivity (Wildman–Crippen MR) is 122 cm³/mol. The van der Waals surface area contributed by atoms with E-state index in [0.717, 1.165) is 46.3 Å². The van der Waals surface area contributed by atoms with Crippen molar-refractivity contribution in [3.8, 4) is 5.75 Å². The first-order chi connectivity index (χ1) is 15.1. The number of carbonyl (C=O) groups is 1. The van der Waals surface area contributed by atoms with Crippen molar-refractivity contribution < 1.29 is 14.6 Å². The Morgan fingerprint density at radius 1 is 0.903 bits per heavy atom. The molecule has 0 bridgehead atoms. The maximum atomic E-state index is 11.4. The van der Waals surface area contributed by atoms with Crippen molar-refractivity contribution >= 4 is 16.9 Å². The molecule has 0 saturated heterocycles. The van der Waals surface area contributed by atoms with Crippen molar-refractivity contribution in [2.45, 2.75) is 32.3 Å². The van der Waals surface area contributed by atoms with Gasteiger partial charge < -0.3 is 9.84 Å². The Bertz CT molecular complexity index is 1180. The molecule has 0 radical (unpaired) electrons. The van der Waals surface area contributed by atoms with Gasteiger partial charge in [-0.25, -0.2) is 4.98 Å². The third kappa shape index (κ3) is 5.10. The van der Waals surface area contributed by atoms with Gasteiger partial charge in [0.25, 0.3) is 0 Å². The van der Waals surface area contributed by atoms with E-state index in [9.17, 15) is 9.90 Å². The molecule has 0 aliphatic heterocycles. The molecule has 4 nitrogen and oxygen atoms in total. The van der Waals surface area contributed by atoms with E-state index in [1.54, 1.807) is 6.92 Å². The van der Waals surface area contributed by atoms with Gasteiger partial charge in [0.2, 0.25) is 0 Å². The Balaban J connectivity index is 1.36. The number of carboxylic acid groups (broad SMARTS) is 1. The summed E-state index contributed by atoms with van der Waals surface area (Å²) >= 11 is 0. The monoisotopic (exact) mass is 411 g/mol. The topological polar surface area (TPSA) is 59.4 Å². The van der Waals surface area contributed by atoms with Crippen LogP contribution in [0.1, 0.15) is 35.2 Å². The highest BCUT2D eigenvalue weighted by atomic mass is 16.5. The molecule has 1 N–H and O–H groups in total. The summed E-state index contributed by atoms with van der Waals surface area (Å²) in [5, 5.41) is 10.5. The van der Waals surface area contributed by atoms with Gasteiger partial charge in [-0.05, 0) is 60.7 Å². The van der Waals surface area contributed by atoms with E-state index < -0.39 is 11.9 Å². The third-order valence-corrected chi connectivity index (χ3v) is 5.54. The Kier molecular flexibility index (Phi) is 6.27. The highest BCUT2D eigenvalue weighted by Gasteiger charge is 2.16. The second-order valence-electron chi connectivity index (χ2n) is 7.69. The number of aryl methyl sites for hydroxylation is 2. The zero-order valence-corrected chi connectivity index (χ0v) is 17.5. The number of aliphatic carboxylic acids is 1. The van der Waals surface area contributed by atoms with Gasteiger partial charge in [0, 0.05) is 5.39 Å². The van der Waals surface area contributed by atoms with Crippen LogP contribution in [-0.2, 0) is 24.2 Å². The highest BCUT2D eigenvalue weighted by molar-refractivity contribution is 5.78. The molecule has 1 unspecified atom stereocenters. The smallest absolute Gasteiger partial charge is 0.310 e. The van der Waals surface area contributed by atoms with Crippen molar-refractivity contribution in [1.82, 2.24) is 4.98 Å². The van der Waals surface area contributed by atoms with E-state index in [2.05, 4.69) is 23.2 Å². The number of pyridine rings is 1. The van der Waals surface area contributed by atoms with E-state index >= 15 is 0 Å². The van der Waals surface area contributed by atoms with Crippen LogP contribution >= 0.6 is 0 Å². The number of hydrogen-bond donors (Lipinski definition) is 1. The third-order valence-electron chi connectivity index (χ3n) is 5.54. The van der Waals surface area contributed by atoms with Crippen LogP contribution in [0.25, 0.3) is 10.9 Å². The molecule has 4 rings (SSSR count). The fraction of sp³-hybridized carbons (Fsp3) is 0.185. The molecule has 0 saturated carbocycles. The van der Waals surface area contributed by atoms with Crippen LogP contribution in [0.4, 0.5) is 0 Å². The SMILES string of the molecule is CC(C(=O)O)c1ccccc1CCc1ccc(OCc2ccc3ccccc3n2)cc1. The molecule has 0 fully saturated rings. The molecular weight excluding hydrogens is 386 g/mol. The van der Waals surface area contributed by atoms with E-state index in [-0.39, 0.29) is 0 Å². The van der Waals surface area contributed by atoms with Gasteiger partial charge in [-0.3, -0.25) is 4.79 Å². The minimum atomic E-state index is -0.796. The maximum Gasteiger partial charge on any atom is 0.310 e.